The average Bonchev–Trinajstić information content (AvgIpc) is 2.46. The number of nitrogens with one attached hydrogen (secondary N) is 1. The Kier molecular flexibility index (Phi) is 1.67. The van der Waals surface area contributed by atoms with E-state index in [4.69, 9.17) is 5.26 Å². The highest BCUT2D eigenvalue weighted by molar-refractivity contribution is 5.80. The molecule has 0 unspecified atom stereocenters. The highest BCUT2D eigenvalue weighted by Crippen LogP contribution is 2.34. The molecule has 1 aliphatic rings. The van der Waals surface area contributed by atoms with Crippen molar-refractivity contribution in [2.75, 3.05) is 17.3 Å². The highest BCUT2D eigenvalue weighted by Gasteiger charge is 2.18. The van der Waals surface area contributed by atoms with Crippen LogP contribution in [-0.2, 0) is 0 Å². The van der Waals surface area contributed by atoms with Crippen molar-refractivity contribution < 1.29 is 0 Å². The smallest absolute Gasteiger partial charge is 0.121 e. The fraction of sp³-hybridized carbons (Fsp3) is 0.100. The lowest BCUT2D eigenvalue weighted by atomic mass is 10.3. The van der Waals surface area contributed by atoms with E-state index in [0.29, 0.717) is 0 Å². The summed E-state index contributed by atoms with van der Waals surface area (Å²) in [5.41, 5.74) is 2.15. The molecular weight excluding hydrogens is 162 g/mol. The molecular formula is C10H9N3. The van der Waals surface area contributed by atoms with E-state index in [0.717, 1.165) is 17.2 Å². The van der Waals surface area contributed by atoms with Gasteiger partial charge in [0.15, 0.2) is 0 Å². The summed E-state index contributed by atoms with van der Waals surface area (Å²) in [6, 6.07) is 9.96. The van der Waals surface area contributed by atoms with E-state index in [1.807, 2.05) is 42.3 Å². The zero-order valence-electron chi connectivity index (χ0n) is 7.28. The first-order valence-electron chi connectivity index (χ1n) is 4.02. The van der Waals surface area contributed by atoms with E-state index < -0.39 is 0 Å². The number of benzene rings is 1. The molecule has 1 aliphatic heterocycles. The zero-order chi connectivity index (χ0) is 9.26. The van der Waals surface area contributed by atoms with Crippen molar-refractivity contribution in [1.29, 1.82) is 5.26 Å². The first kappa shape index (κ1) is 7.69. The minimum absolute atomic E-state index is 0.823. The van der Waals surface area contributed by atoms with Gasteiger partial charge in [0.2, 0.25) is 0 Å². The number of fused-ring (bicyclic) bond motifs is 1. The van der Waals surface area contributed by atoms with Gasteiger partial charge >= 0.3 is 0 Å². The van der Waals surface area contributed by atoms with Crippen molar-refractivity contribution in [2.24, 2.45) is 0 Å². The van der Waals surface area contributed by atoms with Crippen LogP contribution in [0.2, 0.25) is 0 Å². The molecule has 13 heavy (non-hydrogen) atoms. The van der Waals surface area contributed by atoms with Crippen molar-refractivity contribution in [3.05, 3.63) is 36.2 Å². The Morgan fingerprint density at radius 3 is 2.92 bits per heavy atom. The summed E-state index contributed by atoms with van der Waals surface area (Å²) in [6.45, 7) is 0. The molecule has 1 N–H and O–H groups in total. The van der Waals surface area contributed by atoms with Crippen molar-refractivity contribution in [2.45, 2.75) is 0 Å². The van der Waals surface area contributed by atoms with Gasteiger partial charge in [0.05, 0.1) is 23.5 Å². The lowest BCUT2D eigenvalue weighted by molar-refractivity contribution is 1.16. The molecule has 3 heteroatoms. The molecule has 0 aliphatic carbocycles. The summed E-state index contributed by atoms with van der Waals surface area (Å²) in [7, 11) is 1.93. The number of rotatable bonds is 0. The molecule has 0 spiro atoms. The molecule has 0 radical (unpaired) electrons. The molecule has 0 amide bonds. The van der Waals surface area contributed by atoms with Gasteiger partial charge in [-0.3, -0.25) is 0 Å². The lowest BCUT2D eigenvalue weighted by Gasteiger charge is -2.11. The molecule has 0 aromatic heterocycles. The van der Waals surface area contributed by atoms with Crippen LogP contribution < -0.4 is 10.2 Å². The predicted octanol–water partition coefficient (Wildman–Crippen LogP) is 1.91. The third-order valence-corrected chi connectivity index (χ3v) is 2.09. The summed E-state index contributed by atoms with van der Waals surface area (Å²) in [5.74, 6) is 0.823. The maximum absolute atomic E-state index is 8.53. The number of allylic oxidation sites excluding steroid dienone is 1. The third kappa shape index (κ3) is 1.13. The van der Waals surface area contributed by atoms with Crippen LogP contribution >= 0.6 is 0 Å². The Morgan fingerprint density at radius 1 is 1.46 bits per heavy atom. The van der Waals surface area contributed by atoms with E-state index >= 15 is 0 Å². The maximum Gasteiger partial charge on any atom is 0.121 e. The second kappa shape index (κ2) is 2.83. The van der Waals surface area contributed by atoms with E-state index in [2.05, 4.69) is 5.32 Å². The van der Waals surface area contributed by atoms with Gasteiger partial charge in [0, 0.05) is 7.05 Å². The zero-order valence-corrected chi connectivity index (χ0v) is 7.28. The molecule has 64 valence electrons. The van der Waals surface area contributed by atoms with Gasteiger partial charge in [0.1, 0.15) is 5.82 Å². The molecule has 1 aromatic rings. The molecule has 0 atom stereocenters. The quantitative estimate of drug-likeness (QED) is 0.606. The standard InChI is InChI=1S/C10H9N3/c1-13-9-5-3-2-4-8(9)12-10(13)6-7-11/h2-6,12H,1H3. The number of nitrogens with zero attached hydrogens (tertiary/aromatic N) is 2. The predicted molar refractivity (Wildman–Crippen MR) is 52.2 cm³/mol. The summed E-state index contributed by atoms with van der Waals surface area (Å²) in [5, 5.41) is 11.7. The van der Waals surface area contributed by atoms with Crippen LogP contribution in [-0.4, -0.2) is 7.05 Å². The fourth-order valence-electron chi connectivity index (χ4n) is 1.42. The number of anilines is 2. The van der Waals surface area contributed by atoms with Crippen LogP contribution in [0.4, 0.5) is 11.4 Å². The molecule has 0 fully saturated rings. The molecule has 1 aromatic carbocycles. The van der Waals surface area contributed by atoms with Gasteiger partial charge in [-0.2, -0.15) is 5.26 Å². The Morgan fingerprint density at radius 2 is 2.23 bits per heavy atom. The van der Waals surface area contributed by atoms with Crippen molar-refractivity contribution in [3.63, 3.8) is 0 Å². The number of para-hydroxylation sites is 2. The van der Waals surface area contributed by atoms with Gasteiger partial charge in [-0.05, 0) is 12.1 Å². The van der Waals surface area contributed by atoms with Crippen LogP contribution in [0.25, 0.3) is 0 Å². The highest BCUT2D eigenvalue weighted by atomic mass is 15.3. The molecule has 3 nitrogen and oxygen atoms in total. The van der Waals surface area contributed by atoms with Crippen LogP contribution in [0.15, 0.2) is 36.2 Å². The molecule has 0 saturated carbocycles. The monoisotopic (exact) mass is 171 g/mol. The fourth-order valence-corrected chi connectivity index (χ4v) is 1.42. The second-order valence-corrected chi connectivity index (χ2v) is 2.86. The molecule has 0 saturated heterocycles. The molecule has 1 heterocycles. The van der Waals surface area contributed by atoms with Gasteiger partial charge in [-0.1, -0.05) is 12.1 Å². The van der Waals surface area contributed by atoms with Crippen LogP contribution in [0, 0.1) is 11.3 Å². The second-order valence-electron chi connectivity index (χ2n) is 2.86. The minimum atomic E-state index is 0.823. The SMILES string of the molecule is CN1C(=CC#N)Nc2ccccc21. The maximum atomic E-state index is 8.53. The van der Waals surface area contributed by atoms with Crippen molar-refractivity contribution in [3.8, 4) is 6.07 Å². The van der Waals surface area contributed by atoms with Gasteiger partial charge in [0.25, 0.3) is 0 Å². The Bertz CT molecular complexity index is 401. The summed E-state index contributed by atoms with van der Waals surface area (Å²) < 4.78 is 0. The van der Waals surface area contributed by atoms with Gasteiger partial charge in [-0.15, -0.1) is 0 Å². The lowest BCUT2D eigenvalue weighted by Crippen LogP contribution is -2.13. The molecule has 0 bridgehead atoms. The Hall–Kier alpha value is -1.95. The largest absolute Gasteiger partial charge is 0.339 e. The Labute approximate surface area is 76.9 Å². The first-order chi connectivity index (χ1) is 6.33. The van der Waals surface area contributed by atoms with E-state index in [9.17, 15) is 0 Å². The first-order valence-corrected chi connectivity index (χ1v) is 4.02. The summed E-state index contributed by atoms with van der Waals surface area (Å²) in [6.07, 6.45) is 1.50. The van der Waals surface area contributed by atoms with Crippen LogP contribution in [0.5, 0.6) is 0 Å². The van der Waals surface area contributed by atoms with Crippen molar-refractivity contribution in [1.82, 2.24) is 0 Å². The summed E-state index contributed by atoms with van der Waals surface area (Å²) in [4.78, 5) is 1.96. The topological polar surface area (TPSA) is 39.1 Å². The number of nitriles is 1. The number of hydrogen-bond donors (Lipinski definition) is 1. The van der Waals surface area contributed by atoms with Crippen molar-refractivity contribution >= 4 is 11.4 Å². The molecule has 2 rings (SSSR count). The minimum Gasteiger partial charge on any atom is -0.339 e. The van der Waals surface area contributed by atoms with E-state index in [1.54, 1.807) is 0 Å². The third-order valence-electron chi connectivity index (χ3n) is 2.09. The Balaban J connectivity index is 2.45. The van der Waals surface area contributed by atoms with Crippen LogP contribution in [0.1, 0.15) is 0 Å². The van der Waals surface area contributed by atoms with Gasteiger partial charge in [-0.25, -0.2) is 0 Å². The van der Waals surface area contributed by atoms with E-state index in [-0.39, 0.29) is 0 Å². The van der Waals surface area contributed by atoms with E-state index in [1.165, 1.54) is 6.08 Å². The number of hydrogen-bond acceptors (Lipinski definition) is 3. The van der Waals surface area contributed by atoms with Crippen LogP contribution in [0.3, 0.4) is 0 Å². The van der Waals surface area contributed by atoms with Gasteiger partial charge < -0.3 is 10.2 Å². The normalized spacial score (nSPS) is 16.6. The summed E-state index contributed by atoms with van der Waals surface area (Å²) >= 11 is 0. The average molecular weight is 171 g/mol.